The largest absolute Gasteiger partial charge is 0.481 e. The number of hydrogen-bond acceptors (Lipinski definition) is 4. The lowest BCUT2D eigenvalue weighted by molar-refractivity contribution is -0.160. The fourth-order valence-corrected chi connectivity index (χ4v) is 2.50. The number of carboxylic acids is 1. The molecule has 0 fully saturated rings. The molecule has 0 aliphatic rings. The summed E-state index contributed by atoms with van der Waals surface area (Å²) in [6, 6.07) is 5.18. The molecule has 0 saturated carbocycles. The molecule has 0 atom stereocenters. The van der Waals surface area contributed by atoms with E-state index in [1.807, 2.05) is 0 Å². The Morgan fingerprint density at radius 2 is 2.00 bits per heavy atom. The fourth-order valence-electron chi connectivity index (χ4n) is 2.13. The summed E-state index contributed by atoms with van der Waals surface area (Å²) in [5.41, 5.74) is 0.0191. The summed E-state index contributed by atoms with van der Waals surface area (Å²) in [5.74, 6) is -1.67. The molecule has 1 aromatic carbocycles. The molecular formula is C16H15Cl2NO4. The Bertz CT molecular complexity index is 774. The molecule has 2 rings (SSSR count). The van der Waals surface area contributed by atoms with Crippen molar-refractivity contribution in [3.05, 3.63) is 40.0 Å². The molecule has 0 radical (unpaired) electrons. The third-order valence-corrected chi connectivity index (χ3v) is 3.92. The van der Waals surface area contributed by atoms with Crippen LogP contribution in [0.4, 0.5) is 0 Å². The maximum Gasteiger partial charge on any atom is 0.312 e. The maximum absolute atomic E-state index is 12.1. The lowest BCUT2D eigenvalue weighted by Gasteiger charge is -2.20. The van der Waals surface area contributed by atoms with E-state index in [1.165, 1.54) is 20.0 Å². The number of nitrogens with zero attached hydrogens (tertiary/aromatic N) is 1. The number of aliphatic carboxylic acids is 1. The van der Waals surface area contributed by atoms with Crippen LogP contribution in [0.2, 0.25) is 10.0 Å². The number of ether oxygens (including phenoxy) is 1. The molecule has 122 valence electrons. The molecule has 0 aliphatic heterocycles. The summed E-state index contributed by atoms with van der Waals surface area (Å²) in [5, 5.41) is 10.5. The highest BCUT2D eigenvalue weighted by atomic mass is 35.5. The number of fused-ring (bicyclic) bond motifs is 1. The van der Waals surface area contributed by atoms with Gasteiger partial charge in [0.2, 0.25) is 0 Å². The minimum absolute atomic E-state index is 0.0906. The van der Waals surface area contributed by atoms with Crippen molar-refractivity contribution in [2.45, 2.75) is 26.9 Å². The van der Waals surface area contributed by atoms with Crippen molar-refractivity contribution in [3.8, 4) is 0 Å². The van der Waals surface area contributed by atoms with E-state index in [-0.39, 0.29) is 13.0 Å². The zero-order chi connectivity index (χ0) is 17.2. The Balaban J connectivity index is 2.24. The second-order valence-corrected chi connectivity index (χ2v) is 6.63. The van der Waals surface area contributed by atoms with Crippen molar-refractivity contribution in [1.29, 1.82) is 0 Å². The Morgan fingerprint density at radius 3 is 2.65 bits per heavy atom. The molecule has 2 aromatic rings. The first kappa shape index (κ1) is 17.5. The predicted octanol–water partition coefficient (Wildman–Crippen LogP) is 4.09. The van der Waals surface area contributed by atoms with Crippen molar-refractivity contribution >= 4 is 46.0 Å². The number of halogens is 2. The van der Waals surface area contributed by atoms with Crippen LogP contribution in [0, 0.1) is 5.41 Å². The highest BCUT2D eigenvalue weighted by molar-refractivity contribution is 6.33. The van der Waals surface area contributed by atoms with E-state index < -0.39 is 17.4 Å². The van der Waals surface area contributed by atoms with Crippen LogP contribution in [-0.4, -0.2) is 22.0 Å². The number of carbonyl (C=O) groups excluding carboxylic acids is 1. The zero-order valence-electron chi connectivity index (χ0n) is 12.6. The van der Waals surface area contributed by atoms with Gasteiger partial charge < -0.3 is 9.84 Å². The molecule has 0 saturated heterocycles. The fraction of sp³-hybridized carbons (Fsp3) is 0.312. The van der Waals surface area contributed by atoms with Crippen LogP contribution in [-0.2, 0) is 20.9 Å². The van der Waals surface area contributed by atoms with E-state index in [2.05, 4.69) is 4.98 Å². The normalized spacial score (nSPS) is 11.5. The van der Waals surface area contributed by atoms with Crippen LogP contribution in [0.3, 0.4) is 0 Å². The van der Waals surface area contributed by atoms with Crippen molar-refractivity contribution in [3.63, 3.8) is 0 Å². The molecule has 0 amide bonds. The van der Waals surface area contributed by atoms with Gasteiger partial charge >= 0.3 is 11.9 Å². The molecule has 0 spiro atoms. The smallest absolute Gasteiger partial charge is 0.312 e. The topological polar surface area (TPSA) is 76.5 Å². The van der Waals surface area contributed by atoms with Gasteiger partial charge in [-0.15, -0.1) is 0 Å². The van der Waals surface area contributed by atoms with E-state index in [4.69, 9.17) is 33.0 Å². The third kappa shape index (κ3) is 4.12. The Labute approximate surface area is 143 Å². The van der Waals surface area contributed by atoms with Gasteiger partial charge in [-0.3, -0.25) is 14.6 Å². The Kier molecular flexibility index (Phi) is 5.12. The van der Waals surface area contributed by atoms with Gasteiger partial charge in [0.1, 0.15) is 6.61 Å². The Morgan fingerprint density at radius 1 is 1.30 bits per heavy atom. The highest BCUT2D eigenvalue weighted by Gasteiger charge is 2.32. The summed E-state index contributed by atoms with van der Waals surface area (Å²) < 4.78 is 5.25. The number of pyridine rings is 1. The maximum atomic E-state index is 12.1. The first-order chi connectivity index (χ1) is 10.7. The van der Waals surface area contributed by atoms with Gasteiger partial charge in [-0.25, -0.2) is 0 Å². The van der Waals surface area contributed by atoms with Gasteiger partial charge in [0, 0.05) is 22.2 Å². The molecule has 0 aliphatic carbocycles. The molecule has 0 unspecified atom stereocenters. The standard InChI is InChI=1S/C16H15Cl2NO4/c1-16(2,6-13(20)21)15(22)23-8-11-12(18)4-3-9-5-10(17)7-19-14(9)11/h3-5,7H,6,8H2,1-2H3,(H,20,21). The number of carbonyl (C=O) groups is 2. The van der Waals surface area contributed by atoms with Gasteiger partial charge in [-0.2, -0.15) is 0 Å². The van der Waals surface area contributed by atoms with Gasteiger partial charge in [-0.1, -0.05) is 29.3 Å². The number of esters is 1. The lowest BCUT2D eigenvalue weighted by Crippen LogP contribution is -2.29. The molecule has 1 aromatic heterocycles. The van der Waals surface area contributed by atoms with Gasteiger partial charge in [-0.05, 0) is 26.0 Å². The van der Waals surface area contributed by atoms with Gasteiger partial charge in [0.05, 0.1) is 22.4 Å². The third-order valence-electron chi connectivity index (χ3n) is 3.36. The summed E-state index contributed by atoms with van der Waals surface area (Å²) in [7, 11) is 0. The number of benzene rings is 1. The van der Waals surface area contributed by atoms with Crippen LogP contribution in [0.15, 0.2) is 24.4 Å². The SMILES string of the molecule is CC(C)(CC(=O)O)C(=O)OCc1c(Cl)ccc2cc(Cl)cnc12. The molecule has 5 nitrogen and oxygen atoms in total. The summed E-state index contributed by atoms with van der Waals surface area (Å²) >= 11 is 12.1. The van der Waals surface area contributed by atoms with Gasteiger partial charge in [0.15, 0.2) is 0 Å². The minimum Gasteiger partial charge on any atom is -0.481 e. The molecule has 1 N–H and O–H groups in total. The zero-order valence-corrected chi connectivity index (χ0v) is 14.1. The van der Waals surface area contributed by atoms with Gasteiger partial charge in [0.25, 0.3) is 0 Å². The highest BCUT2D eigenvalue weighted by Crippen LogP contribution is 2.29. The van der Waals surface area contributed by atoms with E-state index in [0.717, 1.165) is 5.39 Å². The van der Waals surface area contributed by atoms with Crippen LogP contribution < -0.4 is 0 Å². The van der Waals surface area contributed by atoms with Crippen molar-refractivity contribution in [2.75, 3.05) is 0 Å². The number of aromatic nitrogens is 1. The van der Waals surface area contributed by atoms with Crippen molar-refractivity contribution < 1.29 is 19.4 Å². The van der Waals surface area contributed by atoms with Crippen LogP contribution in [0.1, 0.15) is 25.8 Å². The van der Waals surface area contributed by atoms with E-state index in [0.29, 0.717) is 21.1 Å². The number of rotatable bonds is 5. The summed E-state index contributed by atoms with van der Waals surface area (Å²) in [6.45, 7) is 2.95. The van der Waals surface area contributed by atoms with E-state index in [9.17, 15) is 9.59 Å². The minimum atomic E-state index is -1.13. The monoisotopic (exact) mass is 355 g/mol. The van der Waals surface area contributed by atoms with E-state index >= 15 is 0 Å². The van der Waals surface area contributed by atoms with Crippen LogP contribution in [0.25, 0.3) is 10.9 Å². The summed E-state index contributed by atoms with van der Waals surface area (Å²) in [4.78, 5) is 27.1. The summed E-state index contributed by atoms with van der Waals surface area (Å²) in [6.07, 6.45) is 1.17. The van der Waals surface area contributed by atoms with E-state index in [1.54, 1.807) is 18.2 Å². The molecule has 7 heteroatoms. The number of carboxylic acid groups (broad SMARTS) is 1. The molecule has 0 bridgehead atoms. The average Bonchev–Trinajstić information content (AvgIpc) is 2.44. The average molecular weight is 356 g/mol. The van der Waals surface area contributed by atoms with Crippen molar-refractivity contribution in [1.82, 2.24) is 4.98 Å². The predicted molar refractivity (Wildman–Crippen MR) is 87.6 cm³/mol. The first-order valence-corrected chi connectivity index (χ1v) is 7.58. The second kappa shape index (κ2) is 6.72. The second-order valence-electron chi connectivity index (χ2n) is 5.78. The first-order valence-electron chi connectivity index (χ1n) is 6.82. The quantitative estimate of drug-likeness (QED) is 0.817. The van der Waals surface area contributed by atoms with Crippen molar-refractivity contribution in [2.24, 2.45) is 5.41 Å². The number of hydrogen-bond donors (Lipinski definition) is 1. The molecule has 23 heavy (non-hydrogen) atoms. The molecule has 1 heterocycles. The lowest BCUT2D eigenvalue weighted by atomic mass is 9.90. The molecular weight excluding hydrogens is 341 g/mol. The Hall–Kier alpha value is -1.85. The van der Waals surface area contributed by atoms with Crippen LogP contribution in [0.5, 0.6) is 0 Å². The van der Waals surface area contributed by atoms with Crippen LogP contribution >= 0.6 is 23.2 Å².